The summed E-state index contributed by atoms with van der Waals surface area (Å²) in [6.07, 6.45) is 2.74. The molecule has 192 valence electrons. The number of hydrogen-bond acceptors (Lipinski definition) is 5. The van der Waals surface area contributed by atoms with Gasteiger partial charge < -0.3 is 10.1 Å². The average Bonchev–Trinajstić information content (AvgIpc) is 3.32. The number of nitrogens with zero attached hydrogens (tertiary/aromatic N) is 3. The zero-order valence-corrected chi connectivity index (χ0v) is 22.7. The number of para-hydroxylation sites is 1. The van der Waals surface area contributed by atoms with Crippen molar-refractivity contribution in [2.45, 2.75) is 50.1 Å². The Morgan fingerprint density at radius 3 is 2.57 bits per heavy atom. The summed E-state index contributed by atoms with van der Waals surface area (Å²) >= 11 is 7.96. The number of benzene rings is 3. The van der Waals surface area contributed by atoms with Crippen LogP contribution in [-0.2, 0) is 23.5 Å². The molecule has 4 rings (SSSR count). The number of amides is 1. The molecule has 0 fully saturated rings. The van der Waals surface area contributed by atoms with E-state index in [9.17, 15) is 4.79 Å². The summed E-state index contributed by atoms with van der Waals surface area (Å²) in [6, 6.07) is 23.8. The number of halogens is 1. The molecule has 1 aromatic heterocycles. The maximum atomic E-state index is 12.4. The Labute approximate surface area is 227 Å². The number of unbranched alkanes of at least 4 members (excludes halogenated alkanes) is 1. The fraction of sp³-hybridized carbons (Fsp3) is 0.276. The van der Waals surface area contributed by atoms with Crippen molar-refractivity contribution in [1.82, 2.24) is 20.1 Å². The Morgan fingerprint density at radius 2 is 1.78 bits per heavy atom. The van der Waals surface area contributed by atoms with Crippen LogP contribution in [0, 0.1) is 6.92 Å². The Bertz CT molecular complexity index is 1340. The summed E-state index contributed by atoms with van der Waals surface area (Å²) in [4.78, 5) is 12.4. The number of thioether (sulfide) groups is 1. The highest BCUT2D eigenvalue weighted by Gasteiger charge is 2.16. The smallest absolute Gasteiger partial charge is 0.220 e. The van der Waals surface area contributed by atoms with Gasteiger partial charge in [-0.3, -0.25) is 9.36 Å². The van der Waals surface area contributed by atoms with Gasteiger partial charge in [0.1, 0.15) is 11.6 Å². The minimum atomic E-state index is 0.0247. The predicted molar refractivity (Wildman–Crippen MR) is 150 cm³/mol. The van der Waals surface area contributed by atoms with Crippen molar-refractivity contribution in [2.75, 3.05) is 7.11 Å². The first-order valence-electron chi connectivity index (χ1n) is 12.3. The number of hydrogen-bond donors (Lipinski definition) is 1. The normalized spacial score (nSPS) is 10.9. The first-order chi connectivity index (χ1) is 18.0. The van der Waals surface area contributed by atoms with Crippen LogP contribution >= 0.6 is 23.4 Å². The second-order valence-corrected chi connectivity index (χ2v) is 10.1. The Balaban J connectivity index is 1.36. The van der Waals surface area contributed by atoms with E-state index in [-0.39, 0.29) is 5.91 Å². The lowest BCUT2D eigenvalue weighted by molar-refractivity contribution is -0.121. The lowest BCUT2D eigenvalue weighted by Gasteiger charge is -2.12. The molecule has 6 nitrogen and oxygen atoms in total. The minimum Gasteiger partial charge on any atom is -0.496 e. The highest BCUT2D eigenvalue weighted by molar-refractivity contribution is 7.98. The van der Waals surface area contributed by atoms with Crippen molar-refractivity contribution in [3.63, 3.8) is 0 Å². The van der Waals surface area contributed by atoms with E-state index < -0.39 is 0 Å². The van der Waals surface area contributed by atoms with Crippen molar-refractivity contribution in [2.24, 2.45) is 0 Å². The van der Waals surface area contributed by atoms with Gasteiger partial charge in [-0.1, -0.05) is 71.9 Å². The zero-order valence-electron chi connectivity index (χ0n) is 21.1. The van der Waals surface area contributed by atoms with Gasteiger partial charge in [-0.2, -0.15) is 0 Å². The number of aromatic nitrogens is 3. The molecule has 0 spiro atoms. The van der Waals surface area contributed by atoms with Crippen LogP contribution in [0.1, 0.15) is 41.8 Å². The number of aryl methyl sites for hydroxylation is 2. The van der Waals surface area contributed by atoms with E-state index in [0.717, 1.165) is 46.6 Å². The molecule has 0 aliphatic carbocycles. The molecule has 0 bridgehead atoms. The third-order valence-electron chi connectivity index (χ3n) is 6.11. The molecule has 37 heavy (non-hydrogen) atoms. The summed E-state index contributed by atoms with van der Waals surface area (Å²) < 4.78 is 7.43. The third kappa shape index (κ3) is 7.37. The summed E-state index contributed by atoms with van der Waals surface area (Å²) in [5.74, 6) is 2.47. The molecule has 1 N–H and O–H groups in total. The molecular weight excluding hydrogens is 504 g/mol. The van der Waals surface area contributed by atoms with Crippen LogP contribution in [0.4, 0.5) is 0 Å². The highest BCUT2D eigenvalue weighted by atomic mass is 35.5. The second-order valence-electron chi connectivity index (χ2n) is 8.72. The molecule has 0 saturated carbocycles. The topological polar surface area (TPSA) is 69.0 Å². The van der Waals surface area contributed by atoms with Crippen LogP contribution in [0.15, 0.2) is 78.0 Å². The van der Waals surface area contributed by atoms with Gasteiger partial charge in [-0.25, -0.2) is 0 Å². The van der Waals surface area contributed by atoms with E-state index in [0.29, 0.717) is 24.4 Å². The molecule has 0 unspecified atom stereocenters. The van der Waals surface area contributed by atoms with Crippen molar-refractivity contribution < 1.29 is 9.53 Å². The fourth-order valence-corrected chi connectivity index (χ4v) is 5.28. The van der Waals surface area contributed by atoms with Crippen molar-refractivity contribution in [3.8, 4) is 11.4 Å². The van der Waals surface area contributed by atoms with E-state index in [2.05, 4.69) is 51.3 Å². The standard InChI is InChI=1S/C29H31ClN4O2S/c1-21-10-3-4-12-23(21)20-37-29-33-32-27(34(29)25-14-9-13-24(30)18-25)16-7-8-17-28(35)31-19-22-11-5-6-15-26(22)36-2/h3-6,9-15,18H,7-8,16-17,19-20H2,1-2H3,(H,31,35). The summed E-state index contributed by atoms with van der Waals surface area (Å²) in [5, 5.41) is 13.5. The van der Waals surface area contributed by atoms with Crippen LogP contribution in [0.3, 0.4) is 0 Å². The zero-order chi connectivity index (χ0) is 26.0. The molecule has 4 aromatic rings. The maximum Gasteiger partial charge on any atom is 0.220 e. The molecule has 1 amide bonds. The lowest BCUT2D eigenvalue weighted by atomic mass is 10.1. The monoisotopic (exact) mass is 534 g/mol. The Kier molecular flexibility index (Phi) is 9.63. The fourth-order valence-electron chi connectivity index (χ4n) is 4.04. The summed E-state index contributed by atoms with van der Waals surface area (Å²) in [6.45, 7) is 2.57. The van der Waals surface area contributed by atoms with Gasteiger partial charge in [-0.05, 0) is 55.2 Å². The molecule has 0 atom stereocenters. The van der Waals surface area contributed by atoms with Gasteiger partial charge in [0.25, 0.3) is 0 Å². The van der Waals surface area contributed by atoms with E-state index in [1.807, 2.05) is 48.5 Å². The lowest BCUT2D eigenvalue weighted by Crippen LogP contribution is -2.22. The maximum absolute atomic E-state index is 12.4. The molecule has 0 aliphatic rings. The van der Waals surface area contributed by atoms with E-state index >= 15 is 0 Å². The van der Waals surface area contributed by atoms with Gasteiger partial charge in [0.2, 0.25) is 5.91 Å². The molecule has 0 aliphatic heterocycles. The van der Waals surface area contributed by atoms with Crippen molar-refractivity contribution in [1.29, 1.82) is 0 Å². The highest BCUT2D eigenvalue weighted by Crippen LogP contribution is 2.28. The van der Waals surface area contributed by atoms with Crippen LogP contribution in [0.25, 0.3) is 5.69 Å². The third-order valence-corrected chi connectivity index (χ3v) is 7.32. The molecule has 0 radical (unpaired) electrons. The predicted octanol–water partition coefficient (Wildman–Crippen LogP) is 6.56. The molecule has 1 heterocycles. The average molecular weight is 535 g/mol. The number of carbonyl (C=O) groups excluding carboxylic acids is 1. The van der Waals surface area contributed by atoms with Crippen LogP contribution < -0.4 is 10.1 Å². The number of rotatable bonds is 12. The minimum absolute atomic E-state index is 0.0247. The first-order valence-corrected chi connectivity index (χ1v) is 13.7. The van der Waals surface area contributed by atoms with Gasteiger partial charge in [0.05, 0.1) is 12.8 Å². The number of nitrogens with one attached hydrogen (secondary N) is 1. The van der Waals surface area contributed by atoms with Gasteiger partial charge in [0, 0.05) is 35.7 Å². The quantitative estimate of drug-likeness (QED) is 0.165. The largest absolute Gasteiger partial charge is 0.496 e. The Morgan fingerprint density at radius 1 is 1.00 bits per heavy atom. The van der Waals surface area contributed by atoms with Crippen molar-refractivity contribution >= 4 is 29.3 Å². The molecule has 0 saturated heterocycles. The molecule has 3 aromatic carbocycles. The summed E-state index contributed by atoms with van der Waals surface area (Å²) in [5.41, 5.74) is 4.43. The molecule has 8 heteroatoms. The van der Waals surface area contributed by atoms with Crippen LogP contribution in [0.5, 0.6) is 5.75 Å². The van der Waals surface area contributed by atoms with Gasteiger partial charge >= 0.3 is 0 Å². The number of carbonyl (C=O) groups is 1. The van der Waals surface area contributed by atoms with Crippen LogP contribution in [0.2, 0.25) is 5.02 Å². The van der Waals surface area contributed by atoms with E-state index in [1.165, 1.54) is 11.1 Å². The van der Waals surface area contributed by atoms with E-state index in [1.54, 1.807) is 18.9 Å². The molecular formula is C29H31ClN4O2S. The van der Waals surface area contributed by atoms with Gasteiger partial charge in [0.15, 0.2) is 5.16 Å². The first kappa shape index (κ1) is 26.8. The summed E-state index contributed by atoms with van der Waals surface area (Å²) in [7, 11) is 1.63. The number of methoxy groups -OCH3 is 1. The van der Waals surface area contributed by atoms with Gasteiger partial charge in [-0.15, -0.1) is 10.2 Å². The van der Waals surface area contributed by atoms with Crippen molar-refractivity contribution in [3.05, 3.63) is 100 Å². The Hall–Kier alpha value is -3.29. The van der Waals surface area contributed by atoms with Crippen LogP contribution in [-0.4, -0.2) is 27.8 Å². The SMILES string of the molecule is COc1ccccc1CNC(=O)CCCCc1nnc(SCc2ccccc2C)n1-c1cccc(Cl)c1. The number of ether oxygens (including phenoxy) is 1. The van der Waals surface area contributed by atoms with E-state index in [4.69, 9.17) is 16.3 Å². The second kappa shape index (κ2) is 13.3.